The Morgan fingerprint density at radius 1 is 1.25 bits per heavy atom. The Morgan fingerprint density at radius 2 is 2.11 bits per heavy atom. The lowest BCUT2D eigenvalue weighted by atomic mass is 10.1. The molecule has 0 radical (unpaired) electrons. The molecule has 0 aliphatic heterocycles. The monoisotopic (exact) mass is 436 g/mol. The zero-order valence-electron chi connectivity index (χ0n) is 15.1. The maximum absolute atomic E-state index is 12.8. The lowest BCUT2D eigenvalue weighted by Gasteiger charge is -2.05. The van der Waals surface area contributed by atoms with Crippen LogP contribution in [0.1, 0.15) is 40.7 Å². The van der Waals surface area contributed by atoms with Gasteiger partial charge in [-0.1, -0.05) is 28.1 Å². The summed E-state index contributed by atoms with van der Waals surface area (Å²) < 4.78 is 6.72. The first-order valence-corrected chi connectivity index (χ1v) is 9.90. The molecule has 2 aromatic carbocycles. The largest absolute Gasteiger partial charge is 0.451 e. The standard InChI is InChI=1S/C21H17BrN4O2/c1-11-16-10-14(22)7-8-17(16)28-18(11)21(27)23-15-4-2-3-13(9-15)20-24-19(25-26-20)12-5-6-12/h2-4,7-10,12H,5-6H2,1H3,(H,23,27)(H,24,25,26). The van der Waals surface area contributed by atoms with Gasteiger partial charge in [0.2, 0.25) is 0 Å². The van der Waals surface area contributed by atoms with Crippen molar-refractivity contribution >= 4 is 38.5 Å². The molecule has 140 valence electrons. The summed E-state index contributed by atoms with van der Waals surface area (Å²) in [5, 5.41) is 11.2. The molecule has 2 aromatic heterocycles. The molecule has 1 aliphatic rings. The third-order valence-corrected chi connectivity index (χ3v) is 5.44. The Hall–Kier alpha value is -2.93. The number of anilines is 1. The number of nitrogens with one attached hydrogen (secondary N) is 2. The molecule has 0 spiro atoms. The number of hydrogen-bond acceptors (Lipinski definition) is 4. The van der Waals surface area contributed by atoms with Gasteiger partial charge in [-0.2, -0.15) is 5.10 Å². The second kappa shape index (κ2) is 6.60. The minimum Gasteiger partial charge on any atom is -0.451 e. The number of carbonyl (C=O) groups excluding carboxylic acids is 1. The van der Waals surface area contributed by atoms with Gasteiger partial charge in [-0.3, -0.25) is 9.89 Å². The smallest absolute Gasteiger partial charge is 0.291 e. The first-order valence-electron chi connectivity index (χ1n) is 9.11. The summed E-state index contributed by atoms with van der Waals surface area (Å²) >= 11 is 3.45. The van der Waals surface area contributed by atoms with E-state index in [1.54, 1.807) is 0 Å². The van der Waals surface area contributed by atoms with E-state index in [4.69, 9.17) is 4.42 Å². The summed E-state index contributed by atoms with van der Waals surface area (Å²) in [7, 11) is 0. The molecule has 4 aromatic rings. The number of furan rings is 1. The lowest BCUT2D eigenvalue weighted by Crippen LogP contribution is -2.12. The zero-order valence-corrected chi connectivity index (χ0v) is 16.7. The van der Waals surface area contributed by atoms with Crippen LogP contribution in [-0.2, 0) is 0 Å². The van der Waals surface area contributed by atoms with Gasteiger partial charge in [-0.15, -0.1) is 0 Å². The van der Waals surface area contributed by atoms with Gasteiger partial charge in [0.1, 0.15) is 11.4 Å². The van der Waals surface area contributed by atoms with Crippen molar-refractivity contribution < 1.29 is 9.21 Å². The van der Waals surface area contributed by atoms with Gasteiger partial charge in [-0.25, -0.2) is 4.98 Å². The summed E-state index contributed by atoms with van der Waals surface area (Å²) in [6, 6.07) is 13.2. The van der Waals surface area contributed by atoms with Crippen molar-refractivity contribution in [3.63, 3.8) is 0 Å². The number of H-pyrrole nitrogens is 1. The van der Waals surface area contributed by atoms with E-state index in [1.165, 1.54) is 0 Å². The first kappa shape index (κ1) is 17.2. The number of amides is 1. The van der Waals surface area contributed by atoms with Crippen LogP contribution in [0.4, 0.5) is 5.69 Å². The summed E-state index contributed by atoms with van der Waals surface area (Å²) in [4.78, 5) is 17.4. The van der Waals surface area contributed by atoms with Gasteiger partial charge in [0.05, 0.1) is 0 Å². The number of hydrogen-bond donors (Lipinski definition) is 2. The maximum Gasteiger partial charge on any atom is 0.291 e. The summed E-state index contributed by atoms with van der Waals surface area (Å²) in [5.41, 5.74) is 3.02. The molecule has 1 aliphatic carbocycles. The number of halogens is 1. The molecule has 0 unspecified atom stereocenters. The van der Waals surface area contributed by atoms with Gasteiger partial charge in [0.25, 0.3) is 5.91 Å². The summed E-state index contributed by atoms with van der Waals surface area (Å²) in [6.45, 7) is 1.89. The van der Waals surface area contributed by atoms with Crippen molar-refractivity contribution in [3.05, 3.63) is 64.1 Å². The van der Waals surface area contributed by atoms with E-state index in [0.717, 1.165) is 39.7 Å². The zero-order chi connectivity index (χ0) is 19.3. The molecule has 28 heavy (non-hydrogen) atoms. The normalized spacial score (nSPS) is 13.8. The Kier molecular flexibility index (Phi) is 4.05. The van der Waals surface area contributed by atoms with E-state index in [-0.39, 0.29) is 5.91 Å². The average molecular weight is 437 g/mol. The molecular formula is C21H17BrN4O2. The molecule has 2 heterocycles. The second-order valence-corrected chi connectivity index (χ2v) is 7.97. The lowest BCUT2D eigenvalue weighted by molar-refractivity contribution is 0.0998. The minimum absolute atomic E-state index is 0.282. The number of fused-ring (bicyclic) bond motifs is 1. The van der Waals surface area contributed by atoms with Crippen LogP contribution in [0, 0.1) is 6.92 Å². The number of nitrogens with zero attached hydrogens (tertiary/aromatic N) is 2. The molecule has 1 saturated carbocycles. The van der Waals surface area contributed by atoms with Crippen molar-refractivity contribution in [1.82, 2.24) is 15.2 Å². The quantitative estimate of drug-likeness (QED) is 0.447. The SMILES string of the molecule is Cc1c(C(=O)Nc2cccc(-c3n[nH]c(C4CC4)n3)c2)oc2ccc(Br)cc12. The molecular weight excluding hydrogens is 420 g/mol. The van der Waals surface area contributed by atoms with E-state index in [0.29, 0.717) is 28.8 Å². The van der Waals surface area contributed by atoms with Gasteiger partial charge in [-0.05, 0) is 50.1 Å². The summed E-state index contributed by atoms with van der Waals surface area (Å²) in [6.07, 6.45) is 2.33. The average Bonchev–Trinajstić information content (AvgIpc) is 3.33. The fourth-order valence-electron chi connectivity index (χ4n) is 3.28. The van der Waals surface area contributed by atoms with Crippen LogP contribution in [0.3, 0.4) is 0 Å². The number of carbonyl (C=O) groups is 1. The minimum atomic E-state index is -0.282. The van der Waals surface area contributed by atoms with Crippen LogP contribution in [0.2, 0.25) is 0 Å². The highest BCUT2D eigenvalue weighted by molar-refractivity contribution is 9.10. The Bertz CT molecular complexity index is 1210. The molecule has 6 nitrogen and oxygen atoms in total. The van der Waals surface area contributed by atoms with Crippen molar-refractivity contribution in [2.24, 2.45) is 0 Å². The predicted octanol–water partition coefficient (Wildman–Crippen LogP) is 5.42. The van der Waals surface area contributed by atoms with Crippen molar-refractivity contribution in [2.75, 3.05) is 5.32 Å². The van der Waals surface area contributed by atoms with Crippen LogP contribution in [0.25, 0.3) is 22.4 Å². The molecule has 5 rings (SSSR count). The van der Waals surface area contributed by atoms with E-state index >= 15 is 0 Å². The molecule has 2 N–H and O–H groups in total. The molecule has 1 amide bonds. The highest BCUT2D eigenvalue weighted by Gasteiger charge is 2.27. The topological polar surface area (TPSA) is 83.8 Å². The van der Waals surface area contributed by atoms with Crippen LogP contribution in [0.5, 0.6) is 0 Å². The molecule has 0 atom stereocenters. The maximum atomic E-state index is 12.8. The fraction of sp³-hybridized carbons (Fsp3) is 0.190. The third-order valence-electron chi connectivity index (χ3n) is 4.95. The van der Waals surface area contributed by atoms with Crippen LogP contribution < -0.4 is 5.32 Å². The van der Waals surface area contributed by atoms with E-state index in [9.17, 15) is 4.79 Å². The van der Waals surface area contributed by atoms with Gasteiger partial charge in [0.15, 0.2) is 11.6 Å². The first-order chi connectivity index (χ1) is 13.6. The number of aryl methyl sites for hydroxylation is 1. The number of rotatable bonds is 4. The van der Waals surface area contributed by atoms with Gasteiger partial charge < -0.3 is 9.73 Å². The van der Waals surface area contributed by atoms with Gasteiger partial charge >= 0.3 is 0 Å². The third kappa shape index (κ3) is 3.11. The highest BCUT2D eigenvalue weighted by Crippen LogP contribution is 2.38. The molecule has 1 fully saturated rings. The van der Waals surface area contributed by atoms with E-state index in [2.05, 4.69) is 36.4 Å². The molecule has 7 heteroatoms. The summed E-state index contributed by atoms with van der Waals surface area (Å²) in [5.74, 6) is 2.12. The Balaban J connectivity index is 1.41. The van der Waals surface area contributed by atoms with Gasteiger partial charge in [0, 0.05) is 32.6 Å². The number of benzene rings is 2. The molecule has 0 saturated heterocycles. The van der Waals surface area contributed by atoms with Crippen molar-refractivity contribution in [3.8, 4) is 11.4 Å². The Morgan fingerprint density at radius 3 is 2.93 bits per heavy atom. The van der Waals surface area contributed by atoms with Crippen molar-refractivity contribution in [1.29, 1.82) is 0 Å². The van der Waals surface area contributed by atoms with Crippen LogP contribution in [-0.4, -0.2) is 21.1 Å². The highest BCUT2D eigenvalue weighted by atomic mass is 79.9. The van der Waals surface area contributed by atoms with Crippen LogP contribution >= 0.6 is 15.9 Å². The Labute approximate surface area is 169 Å². The fourth-order valence-corrected chi connectivity index (χ4v) is 3.64. The van der Waals surface area contributed by atoms with Crippen LogP contribution in [0.15, 0.2) is 51.4 Å². The van der Waals surface area contributed by atoms with E-state index < -0.39 is 0 Å². The number of aromatic nitrogens is 3. The predicted molar refractivity (Wildman–Crippen MR) is 110 cm³/mol. The van der Waals surface area contributed by atoms with E-state index in [1.807, 2.05) is 49.4 Å². The number of aromatic amines is 1. The van der Waals surface area contributed by atoms with Crippen molar-refractivity contribution in [2.45, 2.75) is 25.7 Å². The second-order valence-electron chi connectivity index (χ2n) is 7.05. The molecule has 0 bridgehead atoms.